The molecular weight excluding hydrogens is 522 g/mol. The van der Waals surface area contributed by atoms with E-state index in [4.69, 9.17) is 11.6 Å². The predicted octanol–water partition coefficient (Wildman–Crippen LogP) is 4.66. The van der Waals surface area contributed by atoms with Crippen molar-refractivity contribution in [3.63, 3.8) is 0 Å². The average Bonchev–Trinajstić information content (AvgIpc) is 2.89. The maximum absolute atomic E-state index is 14.0. The van der Waals surface area contributed by atoms with Crippen LogP contribution in [0.2, 0.25) is 5.02 Å². The number of carbonyl (C=O) groups is 2. The Morgan fingerprint density at radius 1 is 0.921 bits per heavy atom. The van der Waals surface area contributed by atoms with Crippen molar-refractivity contribution >= 4 is 39.1 Å². The molecule has 0 aliphatic heterocycles. The maximum Gasteiger partial charge on any atom is 0.244 e. The minimum absolute atomic E-state index is 0.0894. The molecule has 3 aromatic rings. The Labute approximate surface area is 230 Å². The summed E-state index contributed by atoms with van der Waals surface area (Å²) in [5.74, 6) is -0.791. The number of hydrogen-bond donors (Lipinski definition) is 1. The first kappa shape index (κ1) is 29.2. The highest BCUT2D eigenvalue weighted by atomic mass is 35.5. The van der Waals surface area contributed by atoms with E-state index in [9.17, 15) is 18.0 Å². The van der Waals surface area contributed by atoms with Gasteiger partial charge in [0.2, 0.25) is 21.8 Å². The molecule has 2 atom stereocenters. The van der Waals surface area contributed by atoms with Crippen LogP contribution in [0.5, 0.6) is 0 Å². The van der Waals surface area contributed by atoms with Gasteiger partial charge in [0, 0.05) is 24.0 Å². The molecular formula is C29H34ClN3O4S. The second-order valence-electron chi connectivity index (χ2n) is 9.28. The number of anilines is 1. The van der Waals surface area contributed by atoms with E-state index < -0.39 is 28.5 Å². The van der Waals surface area contributed by atoms with Gasteiger partial charge in [0.25, 0.3) is 0 Å². The minimum Gasteiger partial charge on any atom is -0.352 e. The van der Waals surface area contributed by atoms with Crippen LogP contribution in [-0.4, -0.2) is 50.0 Å². The second-order valence-corrected chi connectivity index (χ2v) is 11.6. The lowest BCUT2D eigenvalue weighted by atomic mass is 10.0. The molecule has 7 nitrogen and oxygen atoms in total. The zero-order chi connectivity index (χ0) is 27.7. The molecule has 9 heteroatoms. The second kappa shape index (κ2) is 13.4. The number of benzene rings is 3. The molecule has 0 saturated carbocycles. The molecule has 3 rings (SSSR count). The first-order chi connectivity index (χ1) is 18.1. The van der Waals surface area contributed by atoms with Crippen LogP contribution in [0.4, 0.5) is 5.69 Å². The maximum atomic E-state index is 14.0. The molecule has 2 amide bonds. The summed E-state index contributed by atoms with van der Waals surface area (Å²) in [6.07, 6.45) is 2.05. The van der Waals surface area contributed by atoms with E-state index in [-0.39, 0.29) is 30.6 Å². The van der Waals surface area contributed by atoms with Crippen LogP contribution in [0.1, 0.15) is 31.4 Å². The SMILES string of the molecule is CC[C@H](C)NC(=O)[C@@H](Cc1ccccc1)N(Cc1ccccc1)C(=O)CN(c1cccc(Cl)c1)S(C)(=O)=O. The fourth-order valence-electron chi connectivity index (χ4n) is 4.02. The molecule has 202 valence electrons. The Morgan fingerprint density at radius 3 is 2.08 bits per heavy atom. The molecule has 0 bridgehead atoms. The van der Waals surface area contributed by atoms with Gasteiger partial charge in [-0.2, -0.15) is 0 Å². The highest BCUT2D eigenvalue weighted by Gasteiger charge is 2.33. The van der Waals surface area contributed by atoms with E-state index in [0.29, 0.717) is 5.02 Å². The van der Waals surface area contributed by atoms with Crippen LogP contribution < -0.4 is 9.62 Å². The Balaban J connectivity index is 2.04. The number of amides is 2. The molecule has 0 unspecified atom stereocenters. The highest BCUT2D eigenvalue weighted by Crippen LogP contribution is 2.23. The molecule has 0 radical (unpaired) electrons. The highest BCUT2D eigenvalue weighted by molar-refractivity contribution is 7.92. The van der Waals surface area contributed by atoms with Gasteiger partial charge >= 0.3 is 0 Å². The van der Waals surface area contributed by atoms with Gasteiger partial charge in [-0.1, -0.05) is 85.3 Å². The van der Waals surface area contributed by atoms with Crippen LogP contribution >= 0.6 is 11.6 Å². The zero-order valence-corrected chi connectivity index (χ0v) is 23.5. The third kappa shape index (κ3) is 8.33. The molecule has 38 heavy (non-hydrogen) atoms. The van der Waals surface area contributed by atoms with E-state index in [1.165, 1.54) is 11.0 Å². The molecule has 0 aromatic heterocycles. The van der Waals surface area contributed by atoms with Gasteiger partial charge in [-0.3, -0.25) is 13.9 Å². The van der Waals surface area contributed by atoms with Crippen LogP contribution in [-0.2, 0) is 32.6 Å². The molecule has 0 heterocycles. The normalized spacial score (nSPS) is 12.8. The standard InChI is InChI=1S/C29H34ClN3O4S/c1-4-22(2)31-29(35)27(18-23-12-7-5-8-13-23)32(20-24-14-9-6-10-15-24)28(34)21-33(38(3,36)37)26-17-11-16-25(30)19-26/h5-17,19,22,27H,4,18,20-21H2,1-3H3,(H,31,35)/t22-,27+/m0/s1. The first-order valence-corrected chi connectivity index (χ1v) is 14.7. The Kier molecular flexibility index (Phi) is 10.3. The summed E-state index contributed by atoms with van der Waals surface area (Å²) >= 11 is 6.12. The van der Waals surface area contributed by atoms with Crippen molar-refractivity contribution in [2.45, 2.75) is 45.3 Å². The lowest BCUT2D eigenvalue weighted by Crippen LogP contribution is -2.54. The summed E-state index contributed by atoms with van der Waals surface area (Å²) in [4.78, 5) is 29.0. The van der Waals surface area contributed by atoms with Crippen molar-refractivity contribution in [3.8, 4) is 0 Å². The van der Waals surface area contributed by atoms with Crippen molar-refractivity contribution in [3.05, 3.63) is 101 Å². The lowest BCUT2D eigenvalue weighted by molar-refractivity contribution is -0.140. The predicted molar refractivity (Wildman–Crippen MR) is 152 cm³/mol. The van der Waals surface area contributed by atoms with Crippen molar-refractivity contribution in [2.24, 2.45) is 0 Å². The smallest absolute Gasteiger partial charge is 0.244 e. The van der Waals surface area contributed by atoms with Crippen LogP contribution in [0, 0.1) is 0 Å². The van der Waals surface area contributed by atoms with Gasteiger partial charge in [0.15, 0.2) is 0 Å². The van der Waals surface area contributed by atoms with Crippen molar-refractivity contribution < 1.29 is 18.0 Å². The Hall–Kier alpha value is -3.36. The summed E-state index contributed by atoms with van der Waals surface area (Å²) in [6.45, 7) is 3.54. The molecule has 0 spiro atoms. The molecule has 0 fully saturated rings. The van der Waals surface area contributed by atoms with Crippen LogP contribution in [0.15, 0.2) is 84.9 Å². The summed E-state index contributed by atoms with van der Waals surface area (Å²) in [7, 11) is -3.84. The topological polar surface area (TPSA) is 86.8 Å². The van der Waals surface area contributed by atoms with E-state index in [1.807, 2.05) is 74.5 Å². The fraction of sp³-hybridized carbons (Fsp3) is 0.310. The van der Waals surface area contributed by atoms with Crippen LogP contribution in [0.25, 0.3) is 0 Å². The van der Waals surface area contributed by atoms with Crippen molar-refractivity contribution in [2.75, 3.05) is 17.1 Å². The largest absolute Gasteiger partial charge is 0.352 e. The van der Waals surface area contributed by atoms with Crippen molar-refractivity contribution in [1.29, 1.82) is 0 Å². The Bertz CT molecular complexity index is 1320. The third-order valence-electron chi connectivity index (χ3n) is 6.24. The van der Waals surface area contributed by atoms with Gasteiger partial charge in [-0.15, -0.1) is 0 Å². The van der Waals surface area contributed by atoms with E-state index in [1.54, 1.807) is 18.2 Å². The number of nitrogens with one attached hydrogen (secondary N) is 1. The fourth-order valence-corrected chi connectivity index (χ4v) is 5.05. The number of carbonyl (C=O) groups excluding carboxylic acids is 2. The molecule has 3 aromatic carbocycles. The van der Waals surface area contributed by atoms with Gasteiger partial charge in [-0.05, 0) is 42.7 Å². The lowest BCUT2D eigenvalue weighted by Gasteiger charge is -2.34. The molecule has 0 saturated heterocycles. The number of halogens is 1. The minimum atomic E-state index is -3.84. The Morgan fingerprint density at radius 2 is 1.53 bits per heavy atom. The quantitative estimate of drug-likeness (QED) is 0.352. The van der Waals surface area contributed by atoms with Gasteiger partial charge < -0.3 is 10.2 Å². The van der Waals surface area contributed by atoms with E-state index in [2.05, 4.69) is 5.32 Å². The summed E-state index contributed by atoms with van der Waals surface area (Å²) < 4.78 is 26.6. The van der Waals surface area contributed by atoms with Crippen molar-refractivity contribution in [1.82, 2.24) is 10.2 Å². The number of sulfonamides is 1. The van der Waals surface area contributed by atoms with Crippen LogP contribution in [0.3, 0.4) is 0 Å². The molecule has 0 aliphatic rings. The van der Waals surface area contributed by atoms with E-state index in [0.717, 1.165) is 28.1 Å². The average molecular weight is 556 g/mol. The number of rotatable bonds is 12. The number of nitrogens with zero attached hydrogens (tertiary/aromatic N) is 2. The third-order valence-corrected chi connectivity index (χ3v) is 7.62. The summed E-state index contributed by atoms with van der Waals surface area (Å²) in [5, 5.41) is 3.36. The summed E-state index contributed by atoms with van der Waals surface area (Å²) in [6, 6.07) is 24.2. The zero-order valence-electron chi connectivity index (χ0n) is 21.9. The van der Waals surface area contributed by atoms with Gasteiger partial charge in [0.1, 0.15) is 12.6 Å². The van der Waals surface area contributed by atoms with E-state index >= 15 is 0 Å². The monoisotopic (exact) mass is 555 g/mol. The number of hydrogen-bond acceptors (Lipinski definition) is 4. The first-order valence-electron chi connectivity index (χ1n) is 12.5. The molecule has 0 aliphatic carbocycles. The summed E-state index contributed by atoms with van der Waals surface area (Å²) in [5.41, 5.74) is 1.98. The van der Waals surface area contributed by atoms with Gasteiger partial charge in [0.05, 0.1) is 11.9 Å². The van der Waals surface area contributed by atoms with Gasteiger partial charge in [-0.25, -0.2) is 8.42 Å². The molecule has 1 N–H and O–H groups in total.